The lowest BCUT2D eigenvalue weighted by Gasteiger charge is -2.37. The molecule has 1 amide bonds. The first kappa shape index (κ1) is 15.5. The minimum absolute atomic E-state index is 0.178. The van der Waals surface area contributed by atoms with Gasteiger partial charge in [0.15, 0.2) is 0 Å². The van der Waals surface area contributed by atoms with Crippen molar-refractivity contribution < 1.29 is 9.53 Å². The number of hydrogen-bond acceptors (Lipinski definition) is 3. The fourth-order valence-corrected chi connectivity index (χ4v) is 3.57. The lowest BCUT2D eigenvalue weighted by molar-refractivity contribution is -0.150. The van der Waals surface area contributed by atoms with E-state index < -0.39 is 0 Å². The maximum absolute atomic E-state index is 13.0. The summed E-state index contributed by atoms with van der Waals surface area (Å²) in [7, 11) is 0. The molecule has 2 aliphatic rings. The smallest absolute Gasteiger partial charge is 0.252 e. The molecule has 0 unspecified atom stereocenters. The summed E-state index contributed by atoms with van der Waals surface area (Å²) in [6, 6.07) is 6.27. The van der Waals surface area contributed by atoms with Crippen LogP contribution in [0.2, 0.25) is 0 Å². The Morgan fingerprint density at radius 3 is 2.64 bits per heavy atom. The minimum atomic E-state index is -0.237. The molecule has 3 rings (SSSR count). The highest BCUT2D eigenvalue weighted by atomic mass is 16.5. The van der Waals surface area contributed by atoms with E-state index in [4.69, 9.17) is 4.74 Å². The molecular formula is C18H26N2O2. The normalized spacial score (nSPS) is 23.2. The SMILES string of the molecule is O=C([C@H]1CCCCO1)N(Cc1ccccn1)C1CCCCC1. The predicted octanol–water partition coefficient (Wildman–Crippen LogP) is 3.31. The van der Waals surface area contributed by atoms with Crippen molar-refractivity contribution in [2.75, 3.05) is 6.61 Å². The van der Waals surface area contributed by atoms with Crippen LogP contribution in [-0.2, 0) is 16.1 Å². The Bertz CT molecular complexity index is 465. The van der Waals surface area contributed by atoms with Crippen molar-refractivity contribution in [2.24, 2.45) is 0 Å². The van der Waals surface area contributed by atoms with Crippen LogP contribution in [0.15, 0.2) is 24.4 Å². The summed E-state index contributed by atoms with van der Waals surface area (Å²) in [5.41, 5.74) is 0.970. The van der Waals surface area contributed by atoms with Crippen molar-refractivity contribution in [3.05, 3.63) is 30.1 Å². The van der Waals surface area contributed by atoms with Gasteiger partial charge in [0.2, 0.25) is 0 Å². The van der Waals surface area contributed by atoms with Gasteiger partial charge in [-0.15, -0.1) is 0 Å². The van der Waals surface area contributed by atoms with Crippen molar-refractivity contribution in [1.29, 1.82) is 0 Å². The largest absolute Gasteiger partial charge is 0.368 e. The number of pyridine rings is 1. The molecule has 2 heterocycles. The number of hydrogen-bond donors (Lipinski definition) is 0. The molecule has 4 heteroatoms. The van der Waals surface area contributed by atoms with Gasteiger partial charge in [0, 0.05) is 18.8 Å². The summed E-state index contributed by atoms with van der Waals surface area (Å²) in [6.45, 7) is 1.34. The third-order valence-electron chi connectivity index (χ3n) is 4.81. The Hall–Kier alpha value is -1.42. The van der Waals surface area contributed by atoms with Crippen LogP contribution in [0.3, 0.4) is 0 Å². The summed E-state index contributed by atoms with van der Waals surface area (Å²) in [6.07, 6.45) is 10.6. The number of rotatable bonds is 4. The first-order valence-corrected chi connectivity index (χ1v) is 8.66. The quantitative estimate of drug-likeness (QED) is 0.857. The molecule has 2 fully saturated rings. The maximum Gasteiger partial charge on any atom is 0.252 e. The van der Waals surface area contributed by atoms with Crippen LogP contribution in [-0.4, -0.2) is 34.5 Å². The molecule has 1 aliphatic heterocycles. The second kappa shape index (κ2) is 7.73. The van der Waals surface area contributed by atoms with Gasteiger partial charge in [-0.25, -0.2) is 0 Å². The number of aromatic nitrogens is 1. The van der Waals surface area contributed by atoms with Gasteiger partial charge in [-0.1, -0.05) is 25.3 Å². The molecule has 1 saturated heterocycles. The molecule has 1 atom stereocenters. The predicted molar refractivity (Wildman–Crippen MR) is 85.3 cm³/mol. The summed E-state index contributed by atoms with van der Waals surface area (Å²) in [4.78, 5) is 19.4. The van der Waals surface area contributed by atoms with Gasteiger partial charge >= 0.3 is 0 Å². The molecule has 0 aromatic carbocycles. The first-order valence-electron chi connectivity index (χ1n) is 8.66. The average Bonchev–Trinajstić information content (AvgIpc) is 2.61. The van der Waals surface area contributed by atoms with Gasteiger partial charge in [0.25, 0.3) is 5.91 Å². The summed E-state index contributed by atoms with van der Waals surface area (Å²) >= 11 is 0. The van der Waals surface area contributed by atoms with E-state index in [1.165, 1.54) is 19.3 Å². The fourth-order valence-electron chi connectivity index (χ4n) is 3.57. The number of carbonyl (C=O) groups excluding carboxylic acids is 1. The van der Waals surface area contributed by atoms with E-state index in [0.717, 1.165) is 44.4 Å². The fraction of sp³-hybridized carbons (Fsp3) is 0.667. The second-order valence-corrected chi connectivity index (χ2v) is 6.43. The lowest BCUT2D eigenvalue weighted by Crippen LogP contribution is -2.47. The number of ether oxygens (including phenoxy) is 1. The number of carbonyl (C=O) groups is 1. The Morgan fingerprint density at radius 2 is 1.95 bits per heavy atom. The van der Waals surface area contributed by atoms with Gasteiger partial charge in [-0.3, -0.25) is 9.78 Å². The van der Waals surface area contributed by atoms with Crippen LogP contribution in [0.5, 0.6) is 0 Å². The average molecular weight is 302 g/mol. The first-order chi connectivity index (χ1) is 10.8. The monoisotopic (exact) mass is 302 g/mol. The summed E-state index contributed by atoms with van der Waals surface area (Å²) in [5.74, 6) is 0.178. The van der Waals surface area contributed by atoms with Gasteiger partial charge in [0.05, 0.1) is 12.2 Å². The molecule has 120 valence electrons. The van der Waals surface area contributed by atoms with Crippen molar-refractivity contribution >= 4 is 5.91 Å². The van der Waals surface area contributed by atoms with Crippen molar-refractivity contribution in [1.82, 2.24) is 9.88 Å². The van der Waals surface area contributed by atoms with E-state index in [1.807, 2.05) is 18.2 Å². The van der Waals surface area contributed by atoms with Crippen LogP contribution in [0.1, 0.15) is 57.1 Å². The molecule has 0 radical (unpaired) electrons. The molecule has 1 aromatic rings. The third-order valence-corrected chi connectivity index (χ3v) is 4.81. The van der Waals surface area contributed by atoms with Crippen LogP contribution < -0.4 is 0 Å². The zero-order valence-electron chi connectivity index (χ0n) is 13.2. The topological polar surface area (TPSA) is 42.4 Å². The summed E-state index contributed by atoms with van der Waals surface area (Å²) < 4.78 is 5.74. The third kappa shape index (κ3) is 3.86. The number of nitrogens with zero attached hydrogens (tertiary/aromatic N) is 2. The minimum Gasteiger partial charge on any atom is -0.368 e. The highest BCUT2D eigenvalue weighted by Crippen LogP contribution is 2.26. The Morgan fingerprint density at radius 1 is 1.14 bits per heavy atom. The van der Waals surface area contributed by atoms with Gasteiger partial charge in [-0.2, -0.15) is 0 Å². The number of amides is 1. The molecule has 0 bridgehead atoms. The highest BCUT2D eigenvalue weighted by molar-refractivity contribution is 5.81. The molecule has 1 aliphatic carbocycles. The van der Waals surface area contributed by atoms with Crippen molar-refractivity contribution in [3.8, 4) is 0 Å². The van der Waals surface area contributed by atoms with E-state index in [1.54, 1.807) is 6.20 Å². The van der Waals surface area contributed by atoms with Crippen LogP contribution in [0.25, 0.3) is 0 Å². The van der Waals surface area contributed by atoms with Crippen molar-refractivity contribution in [2.45, 2.75) is 70.1 Å². The lowest BCUT2D eigenvalue weighted by atomic mass is 9.93. The molecule has 1 saturated carbocycles. The summed E-state index contributed by atoms with van der Waals surface area (Å²) in [5, 5.41) is 0. The standard InChI is InChI=1S/C18H26N2O2/c21-18(17-11-5-7-13-22-17)20(16-9-2-1-3-10-16)14-15-8-4-6-12-19-15/h4,6,8,12,16-17H,1-3,5,7,9-11,13-14H2/t17-/m1/s1. The Kier molecular flexibility index (Phi) is 5.43. The van der Waals surface area contributed by atoms with E-state index in [0.29, 0.717) is 12.6 Å². The molecular weight excluding hydrogens is 276 g/mol. The van der Waals surface area contributed by atoms with E-state index in [2.05, 4.69) is 9.88 Å². The zero-order chi connectivity index (χ0) is 15.2. The van der Waals surface area contributed by atoms with E-state index in [-0.39, 0.29) is 12.0 Å². The van der Waals surface area contributed by atoms with Gasteiger partial charge in [0.1, 0.15) is 6.10 Å². The van der Waals surface area contributed by atoms with Gasteiger partial charge in [-0.05, 0) is 44.2 Å². The molecule has 0 spiro atoms. The molecule has 4 nitrogen and oxygen atoms in total. The van der Waals surface area contributed by atoms with Crippen LogP contribution in [0.4, 0.5) is 0 Å². The maximum atomic E-state index is 13.0. The van der Waals surface area contributed by atoms with Gasteiger partial charge < -0.3 is 9.64 Å². The zero-order valence-corrected chi connectivity index (χ0v) is 13.2. The van der Waals surface area contributed by atoms with E-state index in [9.17, 15) is 4.79 Å². The van der Waals surface area contributed by atoms with Crippen LogP contribution >= 0.6 is 0 Å². The Balaban J connectivity index is 1.73. The van der Waals surface area contributed by atoms with Crippen LogP contribution in [0, 0.1) is 0 Å². The molecule has 0 N–H and O–H groups in total. The highest BCUT2D eigenvalue weighted by Gasteiger charge is 2.32. The van der Waals surface area contributed by atoms with Crippen molar-refractivity contribution in [3.63, 3.8) is 0 Å². The molecule has 22 heavy (non-hydrogen) atoms. The van der Waals surface area contributed by atoms with E-state index >= 15 is 0 Å². The molecule has 1 aromatic heterocycles. The second-order valence-electron chi connectivity index (χ2n) is 6.43. The Labute approximate surface area is 132 Å².